The van der Waals surface area contributed by atoms with E-state index >= 15 is 0 Å². The molecule has 0 saturated heterocycles. The van der Waals surface area contributed by atoms with Crippen molar-refractivity contribution < 1.29 is 14.7 Å². The number of fused-ring (bicyclic) bond motifs is 1. The molecule has 2 N–H and O–H groups in total. The van der Waals surface area contributed by atoms with Gasteiger partial charge in [0.25, 0.3) is 0 Å². The minimum Gasteiger partial charge on any atom is -0.477 e. The summed E-state index contributed by atoms with van der Waals surface area (Å²) in [5, 5.41) is 16.0. The largest absolute Gasteiger partial charge is 0.477 e. The first-order chi connectivity index (χ1) is 10.5. The Morgan fingerprint density at radius 2 is 2.18 bits per heavy atom. The Morgan fingerprint density at radius 3 is 2.95 bits per heavy atom. The van der Waals surface area contributed by atoms with Crippen molar-refractivity contribution in [3.8, 4) is 0 Å². The van der Waals surface area contributed by atoms with Crippen LogP contribution in [0.3, 0.4) is 0 Å². The van der Waals surface area contributed by atoms with Gasteiger partial charge in [-0.05, 0) is 30.7 Å². The zero-order valence-electron chi connectivity index (χ0n) is 11.6. The number of aromatic carboxylic acids is 1. The summed E-state index contributed by atoms with van der Waals surface area (Å²) in [7, 11) is 0. The average Bonchev–Trinajstić information content (AvgIpc) is 3.04. The van der Waals surface area contributed by atoms with E-state index in [9.17, 15) is 9.59 Å². The van der Waals surface area contributed by atoms with Gasteiger partial charge >= 0.3 is 5.97 Å². The van der Waals surface area contributed by atoms with Crippen LogP contribution in [0.2, 0.25) is 0 Å². The van der Waals surface area contributed by atoms with Crippen molar-refractivity contribution in [2.24, 2.45) is 0 Å². The van der Waals surface area contributed by atoms with Gasteiger partial charge in [-0.3, -0.25) is 4.79 Å². The van der Waals surface area contributed by atoms with Gasteiger partial charge in [0.1, 0.15) is 12.2 Å². The Bertz CT molecular complexity index is 868. The number of carbonyl (C=O) groups excluding carboxylic acids is 1. The maximum absolute atomic E-state index is 12.0. The summed E-state index contributed by atoms with van der Waals surface area (Å²) in [4.78, 5) is 27.3. The predicted octanol–water partition coefficient (Wildman–Crippen LogP) is 2.14. The third-order valence-electron chi connectivity index (χ3n) is 3.02. The Morgan fingerprint density at radius 1 is 1.36 bits per heavy atom. The van der Waals surface area contributed by atoms with E-state index in [1.807, 2.05) is 25.1 Å². The normalized spacial score (nSPS) is 10.8. The number of anilines is 1. The van der Waals surface area contributed by atoms with E-state index in [1.54, 1.807) is 0 Å². The molecule has 0 spiro atoms. The molecule has 0 fully saturated rings. The van der Waals surface area contributed by atoms with Crippen LogP contribution in [0.15, 0.2) is 30.5 Å². The van der Waals surface area contributed by atoms with Gasteiger partial charge in [-0.25, -0.2) is 14.5 Å². The summed E-state index contributed by atoms with van der Waals surface area (Å²) in [6, 6.07) is 7.19. The van der Waals surface area contributed by atoms with Gasteiger partial charge in [-0.2, -0.15) is 5.10 Å². The fraction of sp³-hybridized carbons (Fsp3) is 0.143. The van der Waals surface area contributed by atoms with Crippen LogP contribution >= 0.6 is 11.3 Å². The van der Waals surface area contributed by atoms with Crippen LogP contribution in [0.4, 0.5) is 5.13 Å². The number of aryl methyl sites for hydroxylation is 1. The minimum atomic E-state index is -1.12. The lowest BCUT2D eigenvalue weighted by Crippen LogP contribution is -2.22. The first-order valence-corrected chi connectivity index (χ1v) is 7.27. The van der Waals surface area contributed by atoms with E-state index in [4.69, 9.17) is 5.11 Å². The van der Waals surface area contributed by atoms with Crippen molar-refractivity contribution in [2.75, 3.05) is 5.32 Å². The number of aromatic nitrogens is 3. The Labute approximate surface area is 129 Å². The highest BCUT2D eigenvalue weighted by atomic mass is 32.1. The number of carboxylic acids is 1. The molecule has 3 rings (SSSR count). The second kappa shape index (κ2) is 5.57. The number of nitrogens with one attached hydrogen (secondary N) is 1. The molecule has 2 aromatic heterocycles. The van der Waals surface area contributed by atoms with Gasteiger partial charge in [0.05, 0.1) is 10.2 Å². The van der Waals surface area contributed by atoms with Crippen LogP contribution in [0.1, 0.15) is 16.1 Å². The Balaban J connectivity index is 1.75. The van der Waals surface area contributed by atoms with Gasteiger partial charge in [0, 0.05) is 6.20 Å². The molecule has 22 heavy (non-hydrogen) atoms. The predicted molar refractivity (Wildman–Crippen MR) is 82.2 cm³/mol. The topological polar surface area (TPSA) is 97.1 Å². The fourth-order valence-corrected chi connectivity index (χ4v) is 3.00. The van der Waals surface area contributed by atoms with Crippen molar-refractivity contribution >= 4 is 38.6 Å². The first kappa shape index (κ1) is 14.2. The third kappa shape index (κ3) is 2.82. The van der Waals surface area contributed by atoms with E-state index in [1.165, 1.54) is 23.6 Å². The van der Waals surface area contributed by atoms with E-state index in [2.05, 4.69) is 15.4 Å². The van der Waals surface area contributed by atoms with Crippen LogP contribution in [0, 0.1) is 6.92 Å². The molecule has 0 aliphatic rings. The van der Waals surface area contributed by atoms with Crippen molar-refractivity contribution in [2.45, 2.75) is 13.5 Å². The highest BCUT2D eigenvalue weighted by molar-refractivity contribution is 7.22. The van der Waals surface area contributed by atoms with Gasteiger partial charge in [-0.15, -0.1) is 0 Å². The summed E-state index contributed by atoms with van der Waals surface area (Å²) in [6.45, 7) is 1.81. The second-order valence-electron chi connectivity index (χ2n) is 4.72. The molecular weight excluding hydrogens is 304 g/mol. The maximum atomic E-state index is 12.0. The number of carbonyl (C=O) groups is 2. The fourth-order valence-electron chi connectivity index (χ4n) is 2.02. The number of rotatable bonds is 4. The van der Waals surface area contributed by atoms with Crippen molar-refractivity contribution in [1.29, 1.82) is 0 Å². The number of benzene rings is 1. The van der Waals surface area contributed by atoms with Crippen LogP contribution < -0.4 is 5.32 Å². The van der Waals surface area contributed by atoms with Gasteiger partial charge < -0.3 is 10.4 Å². The molecule has 3 aromatic rings. The van der Waals surface area contributed by atoms with Crippen LogP contribution in [0.5, 0.6) is 0 Å². The highest BCUT2D eigenvalue weighted by Gasteiger charge is 2.14. The molecule has 0 aliphatic heterocycles. The first-order valence-electron chi connectivity index (χ1n) is 6.45. The monoisotopic (exact) mass is 316 g/mol. The number of thiazole rings is 1. The molecule has 1 aromatic carbocycles. The molecule has 2 heterocycles. The molecule has 8 heteroatoms. The zero-order chi connectivity index (χ0) is 15.7. The molecular formula is C14H12N4O3S. The lowest BCUT2D eigenvalue weighted by atomic mass is 10.2. The SMILES string of the molecule is Cc1ccc2nc(NC(=O)Cn3nccc3C(=O)O)sc2c1. The minimum absolute atomic E-state index is 0.0323. The standard InChI is InChI=1S/C14H12N4O3S/c1-8-2-3-9-11(6-8)22-14(16-9)17-12(19)7-18-10(13(20)21)4-5-15-18/h2-6H,7H2,1H3,(H,20,21)(H,16,17,19). The summed E-state index contributed by atoms with van der Waals surface area (Å²) in [6.07, 6.45) is 1.34. The lowest BCUT2D eigenvalue weighted by molar-refractivity contribution is -0.116. The molecule has 1 amide bonds. The van der Waals surface area contributed by atoms with Gasteiger partial charge in [0.15, 0.2) is 5.13 Å². The number of hydrogen-bond donors (Lipinski definition) is 2. The van der Waals surface area contributed by atoms with E-state index in [0.717, 1.165) is 20.5 Å². The number of carboxylic acid groups (broad SMARTS) is 1. The number of amides is 1. The van der Waals surface area contributed by atoms with E-state index < -0.39 is 5.97 Å². The van der Waals surface area contributed by atoms with E-state index in [-0.39, 0.29) is 18.1 Å². The molecule has 7 nitrogen and oxygen atoms in total. The summed E-state index contributed by atoms with van der Waals surface area (Å²) < 4.78 is 2.12. The number of hydrogen-bond acceptors (Lipinski definition) is 5. The molecule has 0 atom stereocenters. The maximum Gasteiger partial charge on any atom is 0.354 e. The van der Waals surface area contributed by atoms with Crippen molar-refractivity contribution in [3.63, 3.8) is 0 Å². The third-order valence-corrected chi connectivity index (χ3v) is 3.95. The molecule has 0 radical (unpaired) electrons. The molecule has 0 unspecified atom stereocenters. The van der Waals surface area contributed by atoms with Crippen LogP contribution in [-0.2, 0) is 11.3 Å². The molecule has 0 aliphatic carbocycles. The lowest BCUT2D eigenvalue weighted by Gasteiger charge is -2.04. The quantitative estimate of drug-likeness (QED) is 0.768. The van der Waals surface area contributed by atoms with Gasteiger partial charge in [0.2, 0.25) is 5.91 Å². The van der Waals surface area contributed by atoms with Crippen molar-refractivity contribution in [3.05, 3.63) is 41.7 Å². The Kier molecular flexibility index (Phi) is 3.60. The molecule has 0 bridgehead atoms. The molecule has 112 valence electrons. The summed E-state index contributed by atoms with van der Waals surface area (Å²) in [5.74, 6) is -1.50. The number of nitrogens with zero attached hydrogens (tertiary/aromatic N) is 3. The summed E-state index contributed by atoms with van der Waals surface area (Å²) >= 11 is 1.37. The van der Waals surface area contributed by atoms with E-state index in [0.29, 0.717) is 5.13 Å². The second-order valence-corrected chi connectivity index (χ2v) is 5.75. The average molecular weight is 316 g/mol. The smallest absolute Gasteiger partial charge is 0.354 e. The molecule has 0 saturated carbocycles. The zero-order valence-corrected chi connectivity index (χ0v) is 12.4. The van der Waals surface area contributed by atoms with Crippen LogP contribution in [-0.4, -0.2) is 31.7 Å². The summed E-state index contributed by atoms with van der Waals surface area (Å²) in [5.41, 5.74) is 1.91. The highest BCUT2D eigenvalue weighted by Crippen LogP contribution is 2.26. The van der Waals surface area contributed by atoms with Crippen LogP contribution in [0.25, 0.3) is 10.2 Å². The van der Waals surface area contributed by atoms with Gasteiger partial charge in [-0.1, -0.05) is 17.4 Å². The Hall–Kier alpha value is -2.74. The van der Waals surface area contributed by atoms with Crippen molar-refractivity contribution in [1.82, 2.24) is 14.8 Å².